The Morgan fingerprint density at radius 3 is 2.47 bits per heavy atom. The molecular formula is C8H4BrF3N2O. The van der Waals surface area contributed by atoms with Gasteiger partial charge in [0.05, 0.1) is 10.0 Å². The van der Waals surface area contributed by atoms with Crippen LogP contribution in [0.5, 0.6) is 5.75 Å². The van der Waals surface area contributed by atoms with Crippen molar-refractivity contribution >= 4 is 21.6 Å². The zero-order valence-electron chi connectivity index (χ0n) is 7.10. The number of hydrogen-bond donors (Lipinski definition) is 1. The van der Waals surface area contributed by atoms with Crippen molar-refractivity contribution in [1.82, 2.24) is 0 Å². The number of ether oxygens (including phenoxy) is 1. The summed E-state index contributed by atoms with van der Waals surface area (Å²) in [6, 6.07) is 3.89. The lowest BCUT2D eigenvalue weighted by Crippen LogP contribution is -2.18. The zero-order chi connectivity index (χ0) is 11.6. The average Bonchev–Trinajstić information content (AvgIpc) is 2.07. The standard InChI is InChI=1S/C8H4BrF3N2O/c9-6-2-5(14)1-4(3-13)7(6)15-8(10,11)12/h1-2H,14H2. The van der Waals surface area contributed by atoms with Gasteiger partial charge in [-0.1, -0.05) is 0 Å². The number of benzene rings is 1. The molecule has 0 atom stereocenters. The molecule has 80 valence electrons. The molecule has 0 saturated carbocycles. The van der Waals surface area contributed by atoms with E-state index in [1.165, 1.54) is 6.07 Å². The molecule has 0 heterocycles. The average molecular weight is 281 g/mol. The predicted octanol–water partition coefficient (Wildman–Crippen LogP) is 2.80. The number of nitrogens with zero attached hydrogens (tertiary/aromatic N) is 1. The van der Waals surface area contributed by atoms with Gasteiger partial charge < -0.3 is 10.5 Å². The van der Waals surface area contributed by atoms with E-state index >= 15 is 0 Å². The third kappa shape index (κ3) is 3.02. The number of halogens is 4. The molecule has 1 aromatic carbocycles. The van der Waals surface area contributed by atoms with Gasteiger partial charge in [-0.25, -0.2) is 0 Å². The Morgan fingerprint density at radius 1 is 1.40 bits per heavy atom. The van der Waals surface area contributed by atoms with Crippen LogP contribution in [0.1, 0.15) is 5.56 Å². The molecule has 7 heteroatoms. The Labute approximate surface area is 91.4 Å². The third-order valence-corrected chi connectivity index (χ3v) is 1.99. The number of anilines is 1. The van der Waals surface area contributed by atoms with Gasteiger partial charge in [-0.15, -0.1) is 13.2 Å². The minimum absolute atomic E-state index is 0.0172. The van der Waals surface area contributed by atoms with Gasteiger partial charge in [0.25, 0.3) is 0 Å². The second-order valence-corrected chi connectivity index (χ2v) is 3.39. The van der Waals surface area contributed by atoms with E-state index in [0.717, 1.165) is 6.07 Å². The maximum atomic E-state index is 12.0. The fraction of sp³-hybridized carbons (Fsp3) is 0.125. The molecule has 0 bridgehead atoms. The van der Waals surface area contributed by atoms with E-state index in [1.54, 1.807) is 6.07 Å². The van der Waals surface area contributed by atoms with Crippen molar-refractivity contribution in [2.45, 2.75) is 6.36 Å². The fourth-order valence-electron chi connectivity index (χ4n) is 0.917. The summed E-state index contributed by atoms with van der Waals surface area (Å²) in [5, 5.41) is 8.59. The van der Waals surface area contributed by atoms with Crippen LogP contribution in [-0.4, -0.2) is 6.36 Å². The van der Waals surface area contributed by atoms with Gasteiger partial charge in [0, 0.05) is 5.69 Å². The maximum Gasteiger partial charge on any atom is 0.573 e. The molecule has 0 saturated heterocycles. The number of alkyl halides is 3. The van der Waals surface area contributed by atoms with Crippen LogP contribution in [-0.2, 0) is 0 Å². The van der Waals surface area contributed by atoms with E-state index in [0.29, 0.717) is 0 Å². The van der Waals surface area contributed by atoms with E-state index in [1.807, 2.05) is 0 Å². The second kappa shape index (κ2) is 3.98. The molecule has 0 amide bonds. The summed E-state index contributed by atoms with van der Waals surface area (Å²) < 4.78 is 39.5. The number of nitrogen functional groups attached to an aromatic ring is 1. The monoisotopic (exact) mass is 280 g/mol. The van der Waals surface area contributed by atoms with Gasteiger partial charge >= 0.3 is 6.36 Å². The van der Waals surface area contributed by atoms with Crippen molar-refractivity contribution < 1.29 is 17.9 Å². The highest BCUT2D eigenvalue weighted by molar-refractivity contribution is 9.10. The summed E-state index contributed by atoms with van der Waals surface area (Å²) >= 11 is 2.84. The summed E-state index contributed by atoms with van der Waals surface area (Å²) in [4.78, 5) is 0. The highest BCUT2D eigenvalue weighted by atomic mass is 79.9. The van der Waals surface area contributed by atoms with Crippen LogP contribution in [0, 0.1) is 11.3 Å². The van der Waals surface area contributed by atoms with Gasteiger partial charge in [0.15, 0.2) is 5.75 Å². The molecule has 0 aliphatic heterocycles. The second-order valence-electron chi connectivity index (χ2n) is 2.54. The van der Waals surface area contributed by atoms with Gasteiger partial charge in [-0.2, -0.15) is 5.26 Å². The molecule has 2 N–H and O–H groups in total. The quantitative estimate of drug-likeness (QED) is 0.805. The summed E-state index contributed by atoms with van der Waals surface area (Å²) in [7, 11) is 0. The van der Waals surface area contributed by atoms with E-state index < -0.39 is 12.1 Å². The van der Waals surface area contributed by atoms with E-state index in [-0.39, 0.29) is 15.7 Å². The lowest BCUT2D eigenvalue weighted by molar-refractivity contribution is -0.275. The Bertz CT molecular complexity index is 425. The Hall–Kier alpha value is -1.42. The number of rotatable bonds is 1. The van der Waals surface area contributed by atoms with Gasteiger partial charge in [-0.05, 0) is 28.1 Å². The normalized spacial score (nSPS) is 10.9. The molecule has 0 unspecified atom stereocenters. The summed E-state index contributed by atoms with van der Waals surface area (Å²) in [6.07, 6.45) is -4.84. The van der Waals surface area contributed by atoms with E-state index in [9.17, 15) is 13.2 Å². The highest BCUT2D eigenvalue weighted by Crippen LogP contribution is 2.35. The fourth-order valence-corrected chi connectivity index (χ4v) is 1.48. The zero-order valence-corrected chi connectivity index (χ0v) is 8.69. The molecule has 0 aliphatic carbocycles. The van der Waals surface area contributed by atoms with E-state index in [2.05, 4.69) is 20.7 Å². The van der Waals surface area contributed by atoms with Crippen molar-refractivity contribution in [3.8, 4) is 11.8 Å². The van der Waals surface area contributed by atoms with Crippen molar-refractivity contribution in [1.29, 1.82) is 5.26 Å². The molecule has 0 aliphatic rings. The molecule has 0 radical (unpaired) electrons. The SMILES string of the molecule is N#Cc1cc(N)cc(Br)c1OC(F)(F)F. The highest BCUT2D eigenvalue weighted by Gasteiger charge is 2.33. The van der Waals surface area contributed by atoms with Crippen LogP contribution in [0.4, 0.5) is 18.9 Å². The Balaban J connectivity index is 3.23. The Kier molecular flexibility index (Phi) is 3.09. The first-order chi connectivity index (χ1) is 6.83. The topological polar surface area (TPSA) is 59.0 Å². The van der Waals surface area contributed by atoms with Crippen LogP contribution in [0.15, 0.2) is 16.6 Å². The summed E-state index contributed by atoms with van der Waals surface area (Å²) in [6.45, 7) is 0. The molecule has 1 aromatic rings. The molecule has 1 rings (SSSR count). The lowest BCUT2D eigenvalue weighted by atomic mass is 10.2. The summed E-state index contributed by atoms with van der Waals surface area (Å²) in [5.74, 6) is -0.584. The van der Waals surface area contributed by atoms with Gasteiger partial charge in [0.1, 0.15) is 6.07 Å². The number of nitrogens with two attached hydrogens (primary N) is 1. The minimum Gasteiger partial charge on any atom is -0.403 e. The maximum absolute atomic E-state index is 12.0. The number of hydrogen-bond acceptors (Lipinski definition) is 3. The Morgan fingerprint density at radius 2 is 2.00 bits per heavy atom. The first kappa shape index (κ1) is 11.7. The molecule has 0 aromatic heterocycles. The van der Waals surface area contributed by atoms with Crippen molar-refractivity contribution in [3.05, 3.63) is 22.2 Å². The van der Waals surface area contributed by atoms with Crippen LogP contribution < -0.4 is 10.5 Å². The molecule has 0 fully saturated rings. The van der Waals surface area contributed by atoms with Crippen LogP contribution in [0.2, 0.25) is 0 Å². The van der Waals surface area contributed by atoms with E-state index in [4.69, 9.17) is 11.0 Å². The van der Waals surface area contributed by atoms with Crippen molar-refractivity contribution in [3.63, 3.8) is 0 Å². The smallest absolute Gasteiger partial charge is 0.403 e. The van der Waals surface area contributed by atoms with Crippen molar-refractivity contribution in [2.24, 2.45) is 0 Å². The first-order valence-corrected chi connectivity index (χ1v) is 4.37. The molecule has 0 spiro atoms. The lowest BCUT2D eigenvalue weighted by Gasteiger charge is -2.12. The largest absolute Gasteiger partial charge is 0.573 e. The molecule has 15 heavy (non-hydrogen) atoms. The van der Waals surface area contributed by atoms with Crippen LogP contribution >= 0.6 is 15.9 Å². The van der Waals surface area contributed by atoms with Gasteiger partial charge in [-0.3, -0.25) is 0 Å². The minimum atomic E-state index is -4.84. The predicted molar refractivity (Wildman–Crippen MR) is 50.0 cm³/mol. The third-order valence-electron chi connectivity index (χ3n) is 1.40. The number of nitriles is 1. The first-order valence-electron chi connectivity index (χ1n) is 3.58. The van der Waals surface area contributed by atoms with Crippen molar-refractivity contribution in [2.75, 3.05) is 5.73 Å². The van der Waals surface area contributed by atoms with Crippen LogP contribution in [0.3, 0.4) is 0 Å². The van der Waals surface area contributed by atoms with Gasteiger partial charge in [0.2, 0.25) is 0 Å². The summed E-state index contributed by atoms with van der Waals surface area (Å²) in [5.41, 5.74) is 5.25. The molecule has 3 nitrogen and oxygen atoms in total. The molecular weight excluding hydrogens is 277 g/mol. The van der Waals surface area contributed by atoms with Crippen LogP contribution in [0.25, 0.3) is 0 Å².